The van der Waals surface area contributed by atoms with Crippen LogP contribution in [0.1, 0.15) is 30.1 Å². The quantitative estimate of drug-likeness (QED) is 0.762. The molecule has 0 aromatic heterocycles. The number of benzene rings is 1. The van der Waals surface area contributed by atoms with E-state index in [4.69, 9.17) is 5.73 Å². The molecule has 1 atom stereocenters. The molecule has 0 aliphatic carbocycles. The van der Waals surface area contributed by atoms with Gasteiger partial charge in [-0.15, -0.1) is 24.2 Å². The Kier molecular flexibility index (Phi) is 8.44. The number of nitrogens with zero attached hydrogens (tertiary/aromatic N) is 1. The topological polar surface area (TPSA) is 75.4 Å². The fourth-order valence-corrected chi connectivity index (χ4v) is 3.29. The van der Waals surface area contributed by atoms with E-state index in [9.17, 15) is 9.59 Å². The molecule has 3 N–H and O–H groups in total. The SMILES string of the molecule is C[C@@H](CN)NC(=O)c1ccccc1SCC(=O)N1CCCC1.Cl. The van der Waals surface area contributed by atoms with Gasteiger partial charge in [0, 0.05) is 30.6 Å². The maximum absolute atomic E-state index is 12.3. The molecule has 128 valence electrons. The van der Waals surface area contributed by atoms with E-state index >= 15 is 0 Å². The van der Waals surface area contributed by atoms with Gasteiger partial charge in [0.05, 0.1) is 11.3 Å². The van der Waals surface area contributed by atoms with Gasteiger partial charge in [0.1, 0.15) is 0 Å². The zero-order valence-corrected chi connectivity index (χ0v) is 14.9. The second-order valence-corrected chi connectivity index (χ2v) is 6.50. The van der Waals surface area contributed by atoms with Crippen molar-refractivity contribution in [3.63, 3.8) is 0 Å². The Labute approximate surface area is 147 Å². The van der Waals surface area contributed by atoms with Gasteiger partial charge in [0.15, 0.2) is 0 Å². The molecule has 5 nitrogen and oxygen atoms in total. The summed E-state index contributed by atoms with van der Waals surface area (Å²) >= 11 is 1.42. The highest BCUT2D eigenvalue weighted by molar-refractivity contribution is 8.00. The van der Waals surface area contributed by atoms with Crippen LogP contribution in [0.4, 0.5) is 0 Å². The fraction of sp³-hybridized carbons (Fsp3) is 0.500. The van der Waals surface area contributed by atoms with Crippen molar-refractivity contribution in [3.8, 4) is 0 Å². The summed E-state index contributed by atoms with van der Waals surface area (Å²) in [6.45, 7) is 3.98. The highest BCUT2D eigenvalue weighted by Gasteiger charge is 2.19. The van der Waals surface area contributed by atoms with Crippen molar-refractivity contribution >= 4 is 36.0 Å². The molecular weight excluding hydrogens is 334 g/mol. The number of hydrogen-bond donors (Lipinski definition) is 2. The number of halogens is 1. The van der Waals surface area contributed by atoms with E-state index < -0.39 is 0 Å². The van der Waals surface area contributed by atoms with Crippen LogP contribution in [-0.2, 0) is 4.79 Å². The molecule has 1 saturated heterocycles. The van der Waals surface area contributed by atoms with Gasteiger partial charge in [-0.3, -0.25) is 9.59 Å². The Morgan fingerprint density at radius 3 is 2.61 bits per heavy atom. The minimum atomic E-state index is -0.144. The number of carbonyl (C=O) groups excluding carboxylic acids is 2. The smallest absolute Gasteiger partial charge is 0.252 e. The second-order valence-electron chi connectivity index (χ2n) is 5.48. The molecule has 1 aromatic carbocycles. The van der Waals surface area contributed by atoms with Gasteiger partial charge in [0.25, 0.3) is 5.91 Å². The van der Waals surface area contributed by atoms with Crippen molar-refractivity contribution in [2.24, 2.45) is 5.73 Å². The molecule has 1 aliphatic heterocycles. The number of rotatable bonds is 6. The van der Waals surface area contributed by atoms with Gasteiger partial charge in [-0.05, 0) is 31.9 Å². The monoisotopic (exact) mass is 357 g/mol. The molecule has 23 heavy (non-hydrogen) atoms. The third-order valence-corrected chi connectivity index (χ3v) is 4.73. The number of likely N-dealkylation sites (tertiary alicyclic amines) is 1. The Morgan fingerprint density at radius 1 is 1.30 bits per heavy atom. The third kappa shape index (κ3) is 5.71. The van der Waals surface area contributed by atoms with Crippen molar-refractivity contribution in [3.05, 3.63) is 29.8 Å². The van der Waals surface area contributed by atoms with Crippen LogP contribution >= 0.6 is 24.2 Å². The summed E-state index contributed by atoms with van der Waals surface area (Å²) in [7, 11) is 0. The van der Waals surface area contributed by atoms with E-state index in [1.165, 1.54) is 11.8 Å². The average molecular weight is 358 g/mol. The Morgan fingerprint density at radius 2 is 1.96 bits per heavy atom. The summed E-state index contributed by atoms with van der Waals surface area (Å²) in [5.74, 6) is 0.374. The molecule has 1 aliphatic rings. The van der Waals surface area contributed by atoms with Crippen LogP contribution in [0.3, 0.4) is 0 Å². The maximum atomic E-state index is 12.3. The summed E-state index contributed by atoms with van der Waals surface area (Å²) in [5, 5.41) is 2.86. The fourth-order valence-electron chi connectivity index (χ4n) is 2.34. The Balaban J connectivity index is 0.00000264. The number of hydrogen-bond acceptors (Lipinski definition) is 4. The highest BCUT2D eigenvalue weighted by atomic mass is 35.5. The van der Waals surface area contributed by atoms with Gasteiger partial charge in [-0.25, -0.2) is 0 Å². The molecule has 7 heteroatoms. The normalized spacial score (nSPS) is 15.0. The van der Waals surface area contributed by atoms with Crippen LogP contribution in [0.15, 0.2) is 29.2 Å². The summed E-state index contributed by atoms with van der Waals surface area (Å²) in [5.41, 5.74) is 6.13. The molecule has 0 unspecified atom stereocenters. The van der Waals surface area contributed by atoms with Crippen LogP contribution in [0, 0.1) is 0 Å². The molecule has 0 saturated carbocycles. The van der Waals surface area contributed by atoms with Gasteiger partial charge in [-0.1, -0.05) is 12.1 Å². The predicted molar refractivity (Wildman–Crippen MR) is 96.2 cm³/mol. The van der Waals surface area contributed by atoms with Gasteiger partial charge < -0.3 is 16.0 Å². The molecule has 0 spiro atoms. The van der Waals surface area contributed by atoms with Gasteiger partial charge in [-0.2, -0.15) is 0 Å². The van der Waals surface area contributed by atoms with Crippen LogP contribution in [0.5, 0.6) is 0 Å². The molecule has 1 heterocycles. The predicted octanol–water partition coefficient (Wildman–Crippen LogP) is 1.90. The highest BCUT2D eigenvalue weighted by Crippen LogP contribution is 2.23. The van der Waals surface area contributed by atoms with Gasteiger partial charge >= 0.3 is 0 Å². The van der Waals surface area contributed by atoms with E-state index in [2.05, 4.69) is 5.32 Å². The number of amides is 2. The molecule has 1 aromatic rings. The first kappa shape index (κ1) is 19.8. The van der Waals surface area contributed by atoms with E-state index in [0.717, 1.165) is 30.8 Å². The summed E-state index contributed by atoms with van der Waals surface area (Å²) in [6, 6.07) is 7.29. The molecule has 2 amide bonds. The minimum Gasteiger partial charge on any atom is -0.348 e. The van der Waals surface area contributed by atoms with Crippen LogP contribution in [0.2, 0.25) is 0 Å². The average Bonchev–Trinajstić information content (AvgIpc) is 3.07. The van der Waals surface area contributed by atoms with Crippen LogP contribution < -0.4 is 11.1 Å². The Hall–Kier alpha value is -1.24. The first-order valence-corrected chi connectivity index (χ1v) is 8.61. The minimum absolute atomic E-state index is 0. The third-order valence-electron chi connectivity index (χ3n) is 3.67. The first-order valence-electron chi connectivity index (χ1n) is 7.62. The zero-order valence-electron chi connectivity index (χ0n) is 13.3. The van der Waals surface area contributed by atoms with Crippen LogP contribution in [0.25, 0.3) is 0 Å². The van der Waals surface area contributed by atoms with E-state index in [0.29, 0.717) is 17.9 Å². The number of nitrogens with one attached hydrogen (secondary N) is 1. The first-order chi connectivity index (χ1) is 10.6. The van der Waals surface area contributed by atoms with E-state index in [-0.39, 0.29) is 30.3 Å². The van der Waals surface area contributed by atoms with Gasteiger partial charge in [0.2, 0.25) is 5.91 Å². The summed E-state index contributed by atoms with van der Waals surface area (Å²) < 4.78 is 0. The lowest BCUT2D eigenvalue weighted by Gasteiger charge is -2.16. The van der Waals surface area contributed by atoms with Crippen molar-refractivity contribution in [1.82, 2.24) is 10.2 Å². The number of carbonyl (C=O) groups is 2. The number of thioether (sulfide) groups is 1. The van der Waals surface area contributed by atoms with Crippen molar-refractivity contribution in [2.75, 3.05) is 25.4 Å². The molecule has 0 radical (unpaired) electrons. The van der Waals surface area contributed by atoms with Crippen LogP contribution in [-0.4, -0.2) is 48.1 Å². The van der Waals surface area contributed by atoms with Crippen molar-refractivity contribution < 1.29 is 9.59 Å². The summed E-state index contributed by atoms with van der Waals surface area (Å²) in [6.07, 6.45) is 2.18. The van der Waals surface area contributed by atoms with E-state index in [1.54, 1.807) is 6.07 Å². The molecular formula is C16H24ClN3O2S. The summed E-state index contributed by atoms with van der Waals surface area (Å²) in [4.78, 5) is 27.1. The lowest BCUT2D eigenvalue weighted by atomic mass is 10.2. The Bertz CT molecular complexity index is 536. The largest absolute Gasteiger partial charge is 0.348 e. The standard InChI is InChI=1S/C16H23N3O2S.ClH/c1-12(10-17)18-16(21)13-6-2-3-7-14(13)22-11-15(20)19-8-4-5-9-19;/h2-3,6-7,12H,4-5,8-11,17H2,1H3,(H,18,21);1H/t12-;/m0./s1. The molecule has 0 bridgehead atoms. The molecule has 2 rings (SSSR count). The van der Waals surface area contributed by atoms with E-state index in [1.807, 2.05) is 30.0 Å². The lowest BCUT2D eigenvalue weighted by molar-refractivity contribution is -0.127. The number of nitrogens with two attached hydrogens (primary N) is 1. The maximum Gasteiger partial charge on any atom is 0.252 e. The second kappa shape index (κ2) is 9.80. The lowest BCUT2D eigenvalue weighted by Crippen LogP contribution is -2.38. The zero-order chi connectivity index (χ0) is 15.9. The van der Waals surface area contributed by atoms with Crippen molar-refractivity contribution in [2.45, 2.75) is 30.7 Å². The molecule has 1 fully saturated rings. The van der Waals surface area contributed by atoms with Crippen molar-refractivity contribution in [1.29, 1.82) is 0 Å².